The third-order valence-corrected chi connectivity index (χ3v) is 10.5. The van der Waals surface area contributed by atoms with Crippen LogP contribution in [0.5, 0.6) is 0 Å². The summed E-state index contributed by atoms with van der Waals surface area (Å²) in [5, 5.41) is 22.8. The summed E-state index contributed by atoms with van der Waals surface area (Å²) < 4.78 is 0. The van der Waals surface area contributed by atoms with Gasteiger partial charge in [0.1, 0.15) is 16.8 Å². The van der Waals surface area contributed by atoms with Crippen molar-refractivity contribution < 1.29 is 19.2 Å². The Balaban J connectivity index is 1.27. The number of amides is 4. The number of thioether (sulfide) groups is 1. The minimum absolute atomic E-state index is 0.0801. The maximum Gasteiger partial charge on any atom is 0.272 e. The Labute approximate surface area is 296 Å². The first kappa shape index (κ1) is 34.8. The third-order valence-electron chi connectivity index (χ3n) is 7.13. The minimum Gasteiger partial charge on any atom is -0.321 e. The van der Waals surface area contributed by atoms with Gasteiger partial charge in [0.2, 0.25) is 5.91 Å². The van der Waals surface area contributed by atoms with Crippen LogP contribution in [0.15, 0.2) is 113 Å². The van der Waals surface area contributed by atoms with Crippen LogP contribution < -0.4 is 21.3 Å². The Morgan fingerprint density at radius 1 is 0.857 bits per heavy atom. The van der Waals surface area contributed by atoms with Crippen molar-refractivity contribution in [3.05, 3.63) is 135 Å². The fourth-order valence-corrected chi connectivity index (χ4v) is 7.37. The topological polar surface area (TPSA) is 140 Å². The highest BCUT2D eigenvalue weighted by Gasteiger charge is 2.25. The van der Waals surface area contributed by atoms with Crippen molar-refractivity contribution in [2.24, 2.45) is 0 Å². The first-order chi connectivity index (χ1) is 23.7. The summed E-state index contributed by atoms with van der Waals surface area (Å²) in [4.78, 5) is 54.7. The van der Waals surface area contributed by atoms with E-state index in [2.05, 4.69) is 27.3 Å². The fourth-order valence-electron chi connectivity index (χ4n) is 4.64. The standard InChI is InChI=1S/C37H31N5O4S3/c1-3-31(35(45)42-37-29(22-38)23(2)32(49-37)36(46)39-25-14-8-5-9-15-25)48-28-17-10-16-26(20-28)40-34(44)30(21-27-18-11-19-47-27)41-33(43)24-12-6-4-7-13-24/h4-21,31H,3H2,1-2H3,(H,39,46)(H,40,44)(H,41,43)(H,42,45)/b30-21-. The molecular weight excluding hydrogens is 675 g/mol. The maximum absolute atomic E-state index is 13.5. The van der Waals surface area contributed by atoms with E-state index in [1.54, 1.807) is 73.7 Å². The van der Waals surface area contributed by atoms with E-state index in [1.807, 2.05) is 48.7 Å². The summed E-state index contributed by atoms with van der Waals surface area (Å²) in [6.45, 7) is 3.56. The van der Waals surface area contributed by atoms with Gasteiger partial charge in [-0.05, 0) is 78.9 Å². The molecule has 4 N–H and O–H groups in total. The van der Waals surface area contributed by atoms with E-state index >= 15 is 0 Å². The smallest absolute Gasteiger partial charge is 0.272 e. The molecule has 3 aromatic carbocycles. The highest BCUT2D eigenvalue weighted by Crippen LogP contribution is 2.35. The molecule has 0 saturated heterocycles. The maximum atomic E-state index is 13.5. The van der Waals surface area contributed by atoms with Crippen molar-refractivity contribution in [3.63, 3.8) is 0 Å². The zero-order valence-corrected chi connectivity index (χ0v) is 28.9. The first-order valence-electron chi connectivity index (χ1n) is 15.2. The normalized spacial score (nSPS) is 11.6. The Kier molecular flexibility index (Phi) is 11.8. The van der Waals surface area contributed by atoms with Gasteiger partial charge in [-0.3, -0.25) is 19.2 Å². The van der Waals surface area contributed by atoms with Crippen molar-refractivity contribution in [2.75, 3.05) is 16.0 Å². The second-order valence-corrected chi connectivity index (χ2v) is 13.8. The molecule has 0 bridgehead atoms. The monoisotopic (exact) mass is 705 g/mol. The quantitative estimate of drug-likeness (QED) is 0.0763. The predicted molar refractivity (Wildman–Crippen MR) is 198 cm³/mol. The van der Waals surface area contributed by atoms with E-state index in [0.717, 1.165) is 21.1 Å². The average molecular weight is 706 g/mol. The number of para-hydroxylation sites is 1. The van der Waals surface area contributed by atoms with Crippen LogP contribution in [0.3, 0.4) is 0 Å². The Bertz CT molecular complexity index is 2040. The molecule has 1 unspecified atom stereocenters. The molecule has 9 nitrogen and oxygen atoms in total. The van der Waals surface area contributed by atoms with Crippen molar-refractivity contribution in [2.45, 2.75) is 30.4 Å². The lowest BCUT2D eigenvalue weighted by atomic mass is 10.1. The van der Waals surface area contributed by atoms with Crippen molar-refractivity contribution in [1.82, 2.24) is 5.32 Å². The highest BCUT2D eigenvalue weighted by atomic mass is 32.2. The van der Waals surface area contributed by atoms with Crippen molar-refractivity contribution in [1.29, 1.82) is 5.26 Å². The van der Waals surface area contributed by atoms with E-state index in [1.165, 1.54) is 23.1 Å². The SMILES string of the molecule is CCC(Sc1cccc(NC(=O)/C(=C/c2cccs2)NC(=O)c2ccccc2)c1)C(=O)Nc1sc(C(=O)Nc2ccccc2)c(C)c1C#N. The molecule has 0 aliphatic carbocycles. The average Bonchev–Trinajstić information content (AvgIpc) is 3.74. The van der Waals surface area contributed by atoms with Crippen LogP contribution >= 0.6 is 34.4 Å². The van der Waals surface area contributed by atoms with Crippen LogP contribution in [0.25, 0.3) is 6.08 Å². The van der Waals surface area contributed by atoms with Gasteiger partial charge in [-0.2, -0.15) is 5.26 Å². The van der Waals surface area contributed by atoms with Crippen LogP contribution in [0.1, 0.15) is 49.4 Å². The molecule has 5 rings (SSSR count). The van der Waals surface area contributed by atoms with Gasteiger partial charge in [0.05, 0.1) is 15.7 Å². The van der Waals surface area contributed by atoms with Gasteiger partial charge in [0, 0.05) is 26.7 Å². The summed E-state index contributed by atoms with van der Waals surface area (Å²) >= 11 is 3.80. The summed E-state index contributed by atoms with van der Waals surface area (Å²) in [5.41, 5.74) is 2.33. The second kappa shape index (κ2) is 16.6. The number of hydrogen-bond donors (Lipinski definition) is 4. The molecule has 0 fully saturated rings. The molecule has 5 aromatic rings. The predicted octanol–water partition coefficient (Wildman–Crippen LogP) is 8.16. The minimum atomic E-state index is -0.541. The molecule has 0 radical (unpaired) electrons. The molecule has 246 valence electrons. The summed E-state index contributed by atoms with van der Waals surface area (Å²) in [6, 6.07) is 30.5. The molecule has 2 heterocycles. The van der Waals surface area contributed by atoms with Crippen LogP contribution in [0.2, 0.25) is 0 Å². The van der Waals surface area contributed by atoms with Crippen LogP contribution in [-0.4, -0.2) is 28.9 Å². The molecule has 0 spiro atoms. The number of carbonyl (C=O) groups excluding carboxylic acids is 4. The van der Waals surface area contributed by atoms with E-state index < -0.39 is 17.1 Å². The first-order valence-corrected chi connectivity index (χ1v) is 17.7. The number of nitrogens with one attached hydrogen (secondary N) is 4. The van der Waals surface area contributed by atoms with Crippen LogP contribution in [0, 0.1) is 18.3 Å². The van der Waals surface area contributed by atoms with Crippen LogP contribution in [0.4, 0.5) is 16.4 Å². The lowest BCUT2D eigenvalue weighted by Crippen LogP contribution is -2.30. The zero-order chi connectivity index (χ0) is 34.8. The van der Waals surface area contributed by atoms with E-state index in [-0.39, 0.29) is 23.1 Å². The van der Waals surface area contributed by atoms with E-state index in [9.17, 15) is 24.4 Å². The van der Waals surface area contributed by atoms with Gasteiger partial charge in [0.15, 0.2) is 0 Å². The number of nitrogens with zero attached hydrogens (tertiary/aromatic N) is 1. The molecule has 0 aliphatic rings. The molecule has 1 atom stereocenters. The van der Waals surface area contributed by atoms with Gasteiger partial charge in [-0.25, -0.2) is 0 Å². The van der Waals surface area contributed by atoms with E-state index in [4.69, 9.17) is 0 Å². The number of nitriles is 1. The molecule has 0 saturated carbocycles. The van der Waals surface area contributed by atoms with Gasteiger partial charge >= 0.3 is 0 Å². The molecule has 0 aliphatic heterocycles. The van der Waals surface area contributed by atoms with Crippen molar-refractivity contribution >= 4 is 80.5 Å². The van der Waals surface area contributed by atoms with Gasteiger partial charge in [-0.1, -0.05) is 55.5 Å². The molecule has 12 heteroatoms. The Hall–Kier alpha value is -5.48. The lowest BCUT2D eigenvalue weighted by molar-refractivity contribution is -0.116. The number of anilines is 3. The summed E-state index contributed by atoms with van der Waals surface area (Å²) in [6.07, 6.45) is 2.09. The van der Waals surface area contributed by atoms with Crippen LogP contribution in [-0.2, 0) is 9.59 Å². The molecule has 49 heavy (non-hydrogen) atoms. The van der Waals surface area contributed by atoms with E-state index in [0.29, 0.717) is 38.8 Å². The highest BCUT2D eigenvalue weighted by molar-refractivity contribution is 8.00. The number of hydrogen-bond acceptors (Lipinski definition) is 8. The summed E-state index contributed by atoms with van der Waals surface area (Å²) in [7, 11) is 0. The Morgan fingerprint density at radius 3 is 2.24 bits per heavy atom. The zero-order valence-electron chi connectivity index (χ0n) is 26.5. The fraction of sp³-hybridized carbons (Fsp3) is 0.108. The van der Waals surface area contributed by atoms with Gasteiger partial charge in [0.25, 0.3) is 17.7 Å². The molecule has 2 aromatic heterocycles. The number of rotatable bonds is 12. The largest absolute Gasteiger partial charge is 0.321 e. The molecule has 4 amide bonds. The van der Waals surface area contributed by atoms with Gasteiger partial charge in [-0.15, -0.1) is 34.4 Å². The number of benzene rings is 3. The van der Waals surface area contributed by atoms with Crippen molar-refractivity contribution in [3.8, 4) is 6.07 Å². The number of carbonyl (C=O) groups is 4. The summed E-state index contributed by atoms with van der Waals surface area (Å²) in [5.74, 6) is -1.60. The second-order valence-electron chi connectivity index (χ2n) is 10.6. The third kappa shape index (κ3) is 9.11. The number of thiophene rings is 2. The molecular formula is C37H31N5O4S3. The lowest BCUT2D eigenvalue weighted by Gasteiger charge is -2.15. The van der Waals surface area contributed by atoms with Gasteiger partial charge < -0.3 is 21.3 Å². The Morgan fingerprint density at radius 2 is 1.57 bits per heavy atom.